The number of hydrogen-bond donors (Lipinski definition) is 1. The fourth-order valence-electron chi connectivity index (χ4n) is 2.42. The second kappa shape index (κ2) is 4.98. The van der Waals surface area contributed by atoms with Crippen LogP contribution in [0.3, 0.4) is 0 Å². The molecule has 0 aliphatic heterocycles. The standard InChI is InChI=1S/C17H15NO3/c1-11-10-18(12-3-5-13(19)6-4-12)17(20)15-8-7-14(21-2)9-16(11)15/h3-10,19H,1-2H3. The molecule has 0 bridgehead atoms. The Morgan fingerprint density at radius 2 is 1.76 bits per heavy atom. The van der Waals surface area contributed by atoms with Gasteiger partial charge in [-0.25, -0.2) is 0 Å². The summed E-state index contributed by atoms with van der Waals surface area (Å²) in [5, 5.41) is 10.9. The Balaban J connectivity index is 2.29. The molecular formula is C17H15NO3. The summed E-state index contributed by atoms with van der Waals surface area (Å²) in [4.78, 5) is 12.6. The number of aromatic nitrogens is 1. The van der Waals surface area contributed by atoms with Crippen molar-refractivity contribution in [1.82, 2.24) is 4.57 Å². The molecule has 0 atom stereocenters. The van der Waals surface area contributed by atoms with Gasteiger partial charge in [0, 0.05) is 17.3 Å². The summed E-state index contributed by atoms with van der Waals surface area (Å²) >= 11 is 0. The second-order valence-corrected chi connectivity index (χ2v) is 4.92. The van der Waals surface area contributed by atoms with Crippen LogP contribution in [0.15, 0.2) is 53.5 Å². The molecule has 21 heavy (non-hydrogen) atoms. The first-order valence-corrected chi connectivity index (χ1v) is 6.59. The summed E-state index contributed by atoms with van der Waals surface area (Å²) in [5.74, 6) is 0.904. The summed E-state index contributed by atoms with van der Waals surface area (Å²) in [6.45, 7) is 1.96. The van der Waals surface area contributed by atoms with Gasteiger partial charge in [0.15, 0.2) is 0 Å². The number of hydrogen-bond acceptors (Lipinski definition) is 3. The summed E-state index contributed by atoms with van der Waals surface area (Å²) < 4.78 is 6.80. The van der Waals surface area contributed by atoms with E-state index >= 15 is 0 Å². The summed E-state index contributed by atoms with van der Waals surface area (Å²) in [5.41, 5.74) is 1.61. The number of nitrogens with zero attached hydrogens (tertiary/aromatic N) is 1. The maximum atomic E-state index is 12.6. The molecule has 0 radical (unpaired) electrons. The van der Waals surface area contributed by atoms with Crippen molar-refractivity contribution < 1.29 is 9.84 Å². The molecule has 0 spiro atoms. The summed E-state index contributed by atoms with van der Waals surface area (Å²) in [7, 11) is 1.61. The van der Waals surface area contributed by atoms with Crippen LogP contribution >= 0.6 is 0 Å². The van der Waals surface area contributed by atoms with Crippen LogP contribution < -0.4 is 10.3 Å². The smallest absolute Gasteiger partial charge is 0.262 e. The van der Waals surface area contributed by atoms with E-state index in [1.54, 1.807) is 54.3 Å². The minimum atomic E-state index is -0.0936. The van der Waals surface area contributed by atoms with Crippen molar-refractivity contribution in [3.05, 3.63) is 64.6 Å². The van der Waals surface area contributed by atoms with Crippen molar-refractivity contribution in [1.29, 1.82) is 0 Å². The predicted octanol–water partition coefficient (Wildman–Crippen LogP) is 3.01. The van der Waals surface area contributed by atoms with Gasteiger partial charge in [0.05, 0.1) is 7.11 Å². The highest BCUT2D eigenvalue weighted by atomic mass is 16.5. The van der Waals surface area contributed by atoms with Gasteiger partial charge in [-0.1, -0.05) is 0 Å². The Morgan fingerprint density at radius 1 is 1.05 bits per heavy atom. The zero-order chi connectivity index (χ0) is 15.0. The van der Waals surface area contributed by atoms with Crippen LogP contribution in [-0.4, -0.2) is 16.8 Å². The van der Waals surface area contributed by atoms with Crippen LogP contribution in [0.5, 0.6) is 11.5 Å². The van der Waals surface area contributed by atoms with E-state index in [4.69, 9.17) is 4.74 Å². The molecule has 3 rings (SSSR count). The minimum absolute atomic E-state index is 0.0936. The van der Waals surface area contributed by atoms with Crippen molar-refractivity contribution in [2.45, 2.75) is 6.92 Å². The van der Waals surface area contributed by atoms with Crippen LogP contribution in [0.2, 0.25) is 0 Å². The molecule has 0 aliphatic rings. The first-order chi connectivity index (χ1) is 10.1. The lowest BCUT2D eigenvalue weighted by Gasteiger charge is -2.11. The third kappa shape index (κ3) is 2.25. The first-order valence-electron chi connectivity index (χ1n) is 6.59. The Kier molecular flexibility index (Phi) is 3.14. The van der Waals surface area contributed by atoms with Crippen LogP contribution in [0.1, 0.15) is 5.56 Å². The maximum Gasteiger partial charge on any atom is 0.262 e. The molecule has 4 heteroatoms. The SMILES string of the molecule is COc1ccc2c(=O)n(-c3ccc(O)cc3)cc(C)c2c1. The molecule has 2 aromatic carbocycles. The van der Waals surface area contributed by atoms with Crippen LogP contribution in [0.4, 0.5) is 0 Å². The Bertz CT molecular complexity index is 864. The number of fused-ring (bicyclic) bond motifs is 1. The molecule has 0 saturated carbocycles. The number of ether oxygens (including phenoxy) is 1. The topological polar surface area (TPSA) is 51.5 Å². The molecule has 4 nitrogen and oxygen atoms in total. The highest BCUT2D eigenvalue weighted by Crippen LogP contribution is 2.22. The fourth-order valence-corrected chi connectivity index (χ4v) is 2.42. The number of phenols is 1. The number of aryl methyl sites for hydroxylation is 1. The number of rotatable bonds is 2. The number of aromatic hydroxyl groups is 1. The maximum absolute atomic E-state index is 12.6. The molecule has 1 N–H and O–H groups in total. The summed E-state index contributed by atoms with van der Waals surface area (Å²) in [6.07, 6.45) is 1.80. The van der Waals surface area contributed by atoms with E-state index in [1.807, 2.05) is 13.0 Å². The van der Waals surface area contributed by atoms with Crippen molar-refractivity contribution in [2.24, 2.45) is 0 Å². The van der Waals surface area contributed by atoms with E-state index in [0.717, 1.165) is 22.4 Å². The average molecular weight is 281 g/mol. The first kappa shape index (κ1) is 13.2. The third-order valence-electron chi connectivity index (χ3n) is 3.55. The van der Waals surface area contributed by atoms with Gasteiger partial charge < -0.3 is 9.84 Å². The van der Waals surface area contributed by atoms with Crippen molar-refractivity contribution in [2.75, 3.05) is 7.11 Å². The Labute approximate surface area is 121 Å². The zero-order valence-corrected chi connectivity index (χ0v) is 11.8. The van der Waals surface area contributed by atoms with E-state index in [1.165, 1.54) is 0 Å². The largest absolute Gasteiger partial charge is 0.508 e. The molecule has 3 aromatic rings. The Morgan fingerprint density at radius 3 is 2.43 bits per heavy atom. The number of pyridine rings is 1. The van der Waals surface area contributed by atoms with Gasteiger partial charge in [0.1, 0.15) is 11.5 Å². The van der Waals surface area contributed by atoms with Crippen LogP contribution in [-0.2, 0) is 0 Å². The normalized spacial score (nSPS) is 10.8. The molecule has 1 aromatic heterocycles. The second-order valence-electron chi connectivity index (χ2n) is 4.92. The lowest BCUT2D eigenvalue weighted by Crippen LogP contribution is -2.18. The van der Waals surface area contributed by atoms with E-state index in [0.29, 0.717) is 5.39 Å². The summed E-state index contributed by atoms with van der Waals surface area (Å²) in [6, 6.07) is 12.0. The van der Waals surface area contributed by atoms with E-state index in [-0.39, 0.29) is 11.3 Å². The lowest BCUT2D eigenvalue weighted by molar-refractivity contribution is 0.415. The van der Waals surface area contributed by atoms with Gasteiger partial charge in [-0.05, 0) is 60.3 Å². The van der Waals surface area contributed by atoms with Crippen molar-refractivity contribution in [3.63, 3.8) is 0 Å². The number of benzene rings is 2. The van der Waals surface area contributed by atoms with Gasteiger partial charge in [0.25, 0.3) is 5.56 Å². The van der Waals surface area contributed by atoms with E-state index in [9.17, 15) is 9.90 Å². The molecule has 0 aliphatic carbocycles. The van der Waals surface area contributed by atoms with Gasteiger partial charge in [0.2, 0.25) is 0 Å². The number of methoxy groups -OCH3 is 1. The molecule has 1 heterocycles. The predicted molar refractivity (Wildman–Crippen MR) is 82.5 cm³/mol. The highest BCUT2D eigenvalue weighted by Gasteiger charge is 2.09. The van der Waals surface area contributed by atoms with Crippen LogP contribution in [0, 0.1) is 6.92 Å². The van der Waals surface area contributed by atoms with Gasteiger partial charge in [-0.2, -0.15) is 0 Å². The highest BCUT2D eigenvalue weighted by molar-refractivity contribution is 5.86. The van der Waals surface area contributed by atoms with Gasteiger partial charge >= 0.3 is 0 Å². The molecule has 106 valence electrons. The fraction of sp³-hybridized carbons (Fsp3) is 0.118. The quantitative estimate of drug-likeness (QED) is 0.785. The molecule has 0 amide bonds. The number of phenolic OH excluding ortho intramolecular Hbond substituents is 1. The van der Waals surface area contributed by atoms with Crippen molar-refractivity contribution >= 4 is 10.8 Å². The molecule has 0 unspecified atom stereocenters. The van der Waals surface area contributed by atoms with Crippen LogP contribution in [0.25, 0.3) is 16.5 Å². The zero-order valence-electron chi connectivity index (χ0n) is 11.8. The monoisotopic (exact) mass is 281 g/mol. The molecule has 0 fully saturated rings. The molecular weight excluding hydrogens is 266 g/mol. The van der Waals surface area contributed by atoms with E-state index < -0.39 is 0 Å². The lowest BCUT2D eigenvalue weighted by atomic mass is 10.1. The Hall–Kier alpha value is -2.75. The van der Waals surface area contributed by atoms with E-state index in [2.05, 4.69) is 0 Å². The van der Waals surface area contributed by atoms with Gasteiger partial charge in [-0.15, -0.1) is 0 Å². The molecule has 0 saturated heterocycles. The van der Waals surface area contributed by atoms with Gasteiger partial charge in [-0.3, -0.25) is 9.36 Å². The average Bonchev–Trinajstić information content (AvgIpc) is 2.51. The van der Waals surface area contributed by atoms with Crippen molar-refractivity contribution in [3.8, 4) is 17.2 Å². The minimum Gasteiger partial charge on any atom is -0.508 e. The third-order valence-corrected chi connectivity index (χ3v) is 3.55.